The predicted octanol–water partition coefficient (Wildman–Crippen LogP) is 5.08. The molecule has 1 unspecified atom stereocenters. The van der Waals surface area contributed by atoms with Crippen LogP contribution in [-0.4, -0.2) is 46.7 Å². The number of hydrogen-bond donors (Lipinski definition) is 1. The van der Waals surface area contributed by atoms with Gasteiger partial charge in [-0.25, -0.2) is 0 Å². The zero-order valence-corrected chi connectivity index (χ0v) is 20.2. The summed E-state index contributed by atoms with van der Waals surface area (Å²) in [5.41, 5.74) is 5.08. The molecule has 0 aliphatic carbocycles. The van der Waals surface area contributed by atoms with E-state index in [-0.39, 0.29) is 6.04 Å². The number of allylic oxidation sites excluding steroid dienone is 1. The van der Waals surface area contributed by atoms with Crippen LogP contribution in [0.5, 0.6) is 0 Å². The second kappa shape index (κ2) is 9.85. The van der Waals surface area contributed by atoms with Gasteiger partial charge in [0.1, 0.15) is 0 Å². The Morgan fingerprint density at radius 1 is 1.12 bits per heavy atom. The smallest absolute Gasteiger partial charge is 0.258 e. The number of methoxy groups -OCH3 is 1. The average molecular weight is 467 g/mol. The second-order valence-corrected chi connectivity index (χ2v) is 8.85. The quantitative estimate of drug-likeness (QED) is 0.382. The van der Waals surface area contributed by atoms with Gasteiger partial charge in [-0.05, 0) is 50.0 Å². The monoisotopic (exact) mass is 466 g/mol. The van der Waals surface area contributed by atoms with Crippen LogP contribution < -0.4 is 5.32 Å². The lowest BCUT2D eigenvalue weighted by atomic mass is 9.95. The summed E-state index contributed by atoms with van der Waals surface area (Å²) in [6.45, 7) is 5.28. The van der Waals surface area contributed by atoms with Gasteiger partial charge in [0.15, 0.2) is 5.11 Å². The molecule has 2 heterocycles. The maximum atomic E-state index is 5.78. The zero-order chi connectivity index (χ0) is 22.7. The van der Waals surface area contributed by atoms with Gasteiger partial charge >= 0.3 is 0 Å². The highest BCUT2D eigenvalue weighted by atomic mass is 32.2. The standard InChI is InChI=1S/C24H26N4O2S2/c1-15-5-7-18(8-6-15)22-26-23(30-27-22)20-16(2)28(13-14-29-3)24(31)25-21(20)17-9-11-19(32-4)12-10-17/h5-12,21H,13-14H2,1-4H3,(H,25,31). The van der Waals surface area contributed by atoms with Crippen LogP contribution in [0.4, 0.5) is 0 Å². The third kappa shape index (κ3) is 4.57. The van der Waals surface area contributed by atoms with Crippen molar-refractivity contribution in [2.75, 3.05) is 26.5 Å². The van der Waals surface area contributed by atoms with E-state index < -0.39 is 0 Å². The van der Waals surface area contributed by atoms with Gasteiger partial charge in [0.2, 0.25) is 5.82 Å². The van der Waals surface area contributed by atoms with E-state index in [1.165, 1.54) is 10.5 Å². The lowest BCUT2D eigenvalue weighted by Crippen LogP contribution is -2.47. The number of thioether (sulfide) groups is 1. The molecule has 2 aromatic carbocycles. The molecule has 1 aliphatic heterocycles. The van der Waals surface area contributed by atoms with Crippen molar-refractivity contribution in [3.8, 4) is 11.4 Å². The van der Waals surface area contributed by atoms with Crippen LogP contribution in [-0.2, 0) is 4.74 Å². The molecule has 4 rings (SSSR count). The molecule has 0 spiro atoms. The molecular weight excluding hydrogens is 440 g/mol. The van der Waals surface area contributed by atoms with Gasteiger partial charge in [0.05, 0.1) is 18.2 Å². The van der Waals surface area contributed by atoms with Crippen molar-refractivity contribution < 1.29 is 9.26 Å². The van der Waals surface area contributed by atoms with Crippen LogP contribution in [0.25, 0.3) is 17.0 Å². The summed E-state index contributed by atoms with van der Waals surface area (Å²) in [6.07, 6.45) is 2.07. The lowest BCUT2D eigenvalue weighted by molar-refractivity contribution is 0.183. The highest BCUT2D eigenvalue weighted by molar-refractivity contribution is 7.98. The molecule has 0 amide bonds. The molecule has 1 aromatic heterocycles. The first-order valence-corrected chi connectivity index (χ1v) is 12.0. The van der Waals surface area contributed by atoms with Crippen LogP contribution in [0.1, 0.15) is 30.0 Å². The fourth-order valence-corrected chi connectivity index (χ4v) is 4.46. The molecule has 8 heteroatoms. The van der Waals surface area contributed by atoms with Crippen LogP contribution in [0.15, 0.2) is 63.6 Å². The molecule has 6 nitrogen and oxygen atoms in total. The van der Waals surface area contributed by atoms with Crippen molar-refractivity contribution in [1.29, 1.82) is 0 Å². The number of rotatable bonds is 7. The molecule has 0 saturated heterocycles. The number of ether oxygens (including phenoxy) is 1. The van der Waals surface area contributed by atoms with Crippen molar-refractivity contribution in [2.24, 2.45) is 0 Å². The van der Waals surface area contributed by atoms with E-state index in [0.29, 0.717) is 30.0 Å². The Balaban J connectivity index is 1.77. The van der Waals surface area contributed by atoms with Gasteiger partial charge in [-0.15, -0.1) is 11.8 Å². The van der Waals surface area contributed by atoms with Crippen LogP contribution in [0.3, 0.4) is 0 Å². The highest BCUT2D eigenvalue weighted by Crippen LogP contribution is 2.37. The lowest BCUT2D eigenvalue weighted by Gasteiger charge is -2.37. The van der Waals surface area contributed by atoms with Crippen molar-refractivity contribution in [3.63, 3.8) is 0 Å². The van der Waals surface area contributed by atoms with Gasteiger partial charge in [-0.1, -0.05) is 47.1 Å². The maximum Gasteiger partial charge on any atom is 0.258 e. The zero-order valence-electron chi connectivity index (χ0n) is 18.6. The van der Waals surface area contributed by atoms with E-state index >= 15 is 0 Å². The topological polar surface area (TPSA) is 63.4 Å². The molecule has 1 aliphatic rings. The Morgan fingerprint density at radius 2 is 1.84 bits per heavy atom. The fourth-order valence-electron chi connectivity index (χ4n) is 3.71. The summed E-state index contributed by atoms with van der Waals surface area (Å²) in [5, 5.41) is 8.39. The number of aromatic nitrogens is 2. The van der Waals surface area contributed by atoms with E-state index in [1.54, 1.807) is 18.9 Å². The van der Waals surface area contributed by atoms with Gasteiger partial charge in [-0.3, -0.25) is 0 Å². The van der Waals surface area contributed by atoms with Gasteiger partial charge in [-0.2, -0.15) is 4.98 Å². The van der Waals surface area contributed by atoms with Crippen molar-refractivity contribution in [3.05, 3.63) is 71.2 Å². The Morgan fingerprint density at radius 3 is 2.50 bits per heavy atom. The summed E-state index contributed by atoms with van der Waals surface area (Å²) < 4.78 is 11.1. The summed E-state index contributed by atoms with van der Waals surface area (Å²) in [5.74, 6) is 1.04. The van der Waals surface area contributed by atoms with E-state index in [4.69, 9.17) is 26.5 Å². The highest BCUT2D eigenvalue weighted by Gasteiger charge is 2.34. The number of hydrogen-bond acceptors (Lipinski definition) is 6. The molecule has 32 heavy (non-hydrogen) atoms. The van der Waals surface area contributed by atoms with Crippen molar-refractivity contribution in [1.82, 2.24) is 20.4 Å². The van der Waals surface area contributed by atoms with Crippen molar-refractivity contribution in [2.45, 2.75) is 24.8 Å². The molecule has 0 saturated carbocycles. The number of aryl methyl sites for hydroxylation is 1. The minimum absolute atomic E-state index is 0.191. The molecule has 0 radical (unpaired) electrons. The number of thiocarbonyl (C=S) groups is 1. The number of benzene rings is 2. The van der Waals surface area contributed by atoms with Crippen LogP contribution in [0, 0.1) is 6.92 Å². The first-order chi connectivity index (χ1) is 15.5. The first kappa shape index (κ1) is 22.5. The Labute approximate surface area is 198 Å². The molecule has 1 N–H and O–H groups in total. The Kier molecular flexibility index (Phi) is 6.93. The molecule has 3 aromatic rings. The van der Waals surface area contributed by atoms with Gasteiger partial charge in [0.25, 0.3) is 5.89 Å². The van der Waals surface area contributed by atoms with Gasteiger partial charge < -0.3 is 19.5 Å². The van der Waals surface area contributed by atoms with Crippen LogP contribution in [0.2, 0.25) is 0 Å². The minimum Gasteiger partial charge on any atom is -0.383 e. The van der Waals surface area contributed by atoms with E-state index in [0.717, 1.165) is 22.4 Å². The average Bonchev–Trinajstić information content (AvgIpc) is 3.29. The third-order valence-corrected chi connectivity index (χ3v) is 6.61. The maximum absolute atomic E-state index is 5.78. The summed E-state index contributed by atoms with van der Waals surface area (Å²) >= 11 is 7.41. The third-order valence-electron chi connectivity index (χ3n) is 5.53. The molecule has 0 fully saturated rings. The normalized spacial score (nSPS) is 16.4. The number of nitrogens with zero attached hydrogens (tertiary/aromatic N) is 3. The van der Waals surface area contributed by atoms with Gasteiger partial charge in [0, 0.05) is 29.8 Å². The van der Waals surface area contributed by atoms with E-state index in [1.807, 2.05) is 36.1 Å². The summed E-state index contributed by atoms with van der Waals surface area (Å²) in [6, 6.07) is 16.3. The molecule has 166 valence electrons. The van der Waals surface area contributed by atoms with Crippen molar-refractivity contribution >= 4 is 34.7 Å². The summed E-state index contributed by atoms with van der Waals surface area (Å²) in [4.78, 5) is 7.98. The molecule has 1 atom stereocenters. The Bertz CT molecular complexity index is 1120. The predicted molar refractivity (Wildman–Crippen MR) is 132 cm³/mol. The number of nitrogens with one attached hydrogen (secondary N) is 1. The SMILES string of the molecule is COCCN1C(=S)NC(c2ccc(SC)cc2)C(c2nc(-c3ccc(C)cc3)no2)=C1C. The van der Waals surface area contributed by atoms with E-state index in [9.17, 15) is 0 Å². The Hall–Kier alpha value is -2.68. The minimum atomic E-state index is -0.191. The molecular formula is C24H26N4O2S2. The summed E-state index contributed by atoms with van der Waals surface area (Å²) in [7, 11) is 1.68. The largest absolute Gasteiger partial charge is 0.383 e. The first-order valence-electron chi connectivity index (χ1n) is 10.3. The molecule has 0 bridgehead atoms. The second-order valence-electron chi connectivity index (χ2n) is 7.59. The fraction of sp³-hybridized carbons (Fsp3) is 0.292. The van der Waals surface area contributed by atoms with Crippen LogP contribution >= 0.6 is 24.0 Å². The van der Waals surface area contributed by atoms with E-state index in [2.05, 4.69) is 47.9 Å².